The van der Waals surface area contributed by atoms with Crippen molar-refractivity contribution in [3.05, 3.63) is 35.0 Å². The normalized spacial score (nSPS) is 24.7. The lowest BCUT2D eigenvalue weighted by atomic mass is 9.85. The minimum atomic E-state index is -0.817. The standard InChI is InChI=1S/C17H22N4O4/c1-11-4-18-21(5-11)6-13-12(2)25-19-14(13)15(22)20-8-17(9-20)7-16(3,23)10-24-17/h4-5,23H,6-10H2,1-3H3/t16-/m0/s1. The molecule has 2 aromatic rings. The van der Waals surface area contributed by atoms with Crippen LogP contribution in [0.5, 0.6) is 0 Å². The van der Waals surface area contributed by atoms with E-state index < -0.39 is 11.2 Å². The van der Waals surface area contributed by atoms with Crippen molar-refractivity contribution in [3.8, 4) is 0 Å². The van der Waals surface area contributed by atoms with Crippen LogP contribution in [0.4, 0.5) is 0 Å². The molecule has 0 unspecified atom stereocenters. The molecule has 8 heteroatoms. The lowest BCUT2D eigenvalue weighted by molar-refractivity contribution is -0.0957. The molecule has 0 saturated carbocycles. The van der Waals surface area contributed by atoms with Gasteiger partial charge in [0.2, 0.25) is 0 Å². The Bertz CT molecular complexity index is 816. The van der Waals surface area contributed by atoms with E-state index in [-0.39, 0.29) is 5.91 Å². The topological polar surface area (TPSA) is 93.6 Å². The van der Waals surface area contributed by atoms with E-state index in [1.54, 1.807) is 29.6 Å². The zero-order valence-electron chi connectivity index (χ0n) is 14.7. The predicted molar refractivity (Wildman–Crippen MR) is 87.1 cm³/mol. The number of aryl methyl sites for hydroxylation is 2. The fourth-order valence-electron chi connectivity index (χ4n) is 3.71. The molecule has 1 atom stereocenters. The Morgan fingerprint density at radius 1 is 1.40 bits per heavy atom. The number of amides is 1. The lowest BCUT2D eigenvalue weighted by Gasteiger charge is -2.46. The minimum absolute atomic E-state index is 0.170. The summed E-state index contributed by atoms with van der Waals surface area (Å²) in [4.78, 5) is 14.5. The largest absolute Gasteiger partial charge is 0.388 e. The Labute approximate surface area is 145 Å². The average Bonchev–Trinajstić information content (AvgIpc) is 3.16. The molecule has 0 aromatic carbocycles. The minimum Gasteiger partial charge on any atom is -0.388 e. The van der Waals surface area contributed by atoms with Gasteiger partial charge in [-0.3, -0.25) is 9.48 Å². The highest BCUT2D eigenvalue weighted by Gasteiger charge is 2.55. The third-order valence-corrected chi connectivity index (χ3v) is 4.91. The van der Waals surface area contributed by atoms with Crippen LogP contribution in [0.3, 0.4) is 0 Å². The van der Waals surface area contributed by atoms with E-state index in [0.29, 0.717) is 44.1 Å². The Morgan fingerprint density at radius 3 is 2.76 bits per heavy atom. The first-order chi connectivity index (χ1) is 11.8. The summed E-state index contributed by atoms with van der Waals surface area (Å²) in [7, 11) is 0. The molecule has 2 aliphatic heterocycles. The molecule has 1 amide bonds. The number of aromatic nitrogens is 3. The smallest absolute Gasteiger partial charge is 0.276 e. The molecule has 25 heavy (non-hydrogen) atoms. The first-order valence-electron chi connectivity index (χ1n) is 8.37. The third kappa shape index (κ3) is 2.85. The number of carbonyl (C=O) groups is 1. The van der Waals surface area contributed by atoms with Gasteiger partial charge >= 0.3 is 0 Å². The van der Waals surface area contributed by atoms with Crippen molar-refractivity contribution in [2.24, 2.45) is 0 Å². The summed E-state index contributed by atoms with van der Waals surface area (Å²) < 4.78 is 12.8. The van der Waals surface area contributed by atoms with E-state index in [0.717, 1.165) is 11.1 Å². The molecule has 0 bridgehead atoms. The third-order valence-electron chi connectivity index (χ3n) is 4.91. The monoisotopic (exact) mass is 346 g/mol. The average molecular weight is 346 g/mol. The van der Waals surface area contributed by atoms with Gasteiger partial charge in [-0.25, -0.2) is 0 Å². The van der Waals surface area contributed by atoms with Crippen LogP contribution in [0.1, 0.15) is 40.7 Å². The molecular formula is C17H22N4O4. The van der Waals surface area contributed by atoms with E-state index in [1.807, 2.05) is 13.1 Å². The zero-order valence-corrected chi connectivity index (χ0v) is 14.7. The van der Waals surface area contributed by atoms with E-state index in [2.05, 4.69) is 10.3 Å². The first-order valence-corrected chi connectivity index (χ1v) is 8.37. The molecule has 134 valence electrons. The van der Waals surface area contributed by atoms with Crippen molar-refractivity contribution < 1.29 is 19.2 Å². The number of carbonyl (C=O) groups excluding carboxylic acids is 1. The van der Waals surface area contributed by atoms with Crippen LogP contribution >= 0.6 is 0 Å². The summed E-state index contributed by atoms with van der Waals surface area (Å²) in [5, 5.41) is 18.3. The molecule has 4 rings (SSSR count). The lowest BCUT2D eigenvalue weighted by Crippen LogP contribution is -2.63. The van der Waals surface area contributed by atoms with Gasteiger partial charge in [-0.15, -0.1) is 0 Å². The van der Waals surface area contributed by atoms with Gasteiger partial charge in [-0.1, -0.05) is 5.16 Å². The molecule has 1 spiro atoms. The van der Waals surface area contributed by atoms with E-state index in [9.17, 15) is 9.90 Å². The Kier molecular flexibility index (Phi) is 3.52. The molecule has 2 fully saturated rings. The molecule has 1 N–H and O–H groups in total. The summed E-state index contributed by atoms with van der Waals surface area (Å²) in [6.45, 7) is 7.20. The maximum Gasteiger partial charge on any atom is 0.276 e. The van der Waals surface area contributed by atoms with Crippen molar-refractivity contribution >= 4 is 5.91 Å². The number of aliphatic hydroxyl groups is 1. The number of rotatable bonds is 3. The highest BCUT2D eigenvalue weighted by molar-refractivity contribution is 5.94. The highest BCUT2D eigenvalue weighted by atomic mass is 16.5. The Hall–Kier alpha value is -2.19. The van der Waals surface area contributed by atoms with Gasteiger partial charge < -0.3 is 19.3 Å². The molecule has 4 heterocycles. The summed E-state index contributed by atoms with van der Waals surface area (Å²) >= 11 is 0. The fourth-order valence-corrected chi connectivity index (χ4v) is 3.71. The molecule has 0 radical (unpaired) electrons. The number of hydrogen-bond donors (Lipinski definition) is 1. The van der Waals surface area contributed by atoms with E-state index >= 15 is 0 Å². The van der Waals surface area contributed by atoms with Crippen LogP contribution in [-0.2, 0) is 11.3 Å². The quantitative estimate of drug-likeness (QED) is 0.888. The molecule has 2 aromatic heterocycles. The van der Waals surface area contributed by atoms with Gasteiger partial charge in [-0.2, -0.15) is 5.10 Å². The van der Waals surface area contributed by atoms with Crippen LogP contribution in [0.25, 0.3) is 0 Å². The van der Waals surface area contributed by atoms with Crippen molar-refractivity contribution in [1.29, 1.82) is 0 Å². The molecular weight excluding hydrogens is 324 g/mol. The van der Waals surface area contributed by atoms with Gasteiger partial charge in [0.1, 0.15) is 11.4 Å². The molecule has 2 aliphatic rings. The Balaban J connectivity index is 1.49. The van der Waals surface area contributed by atoms with Gasteiger partial charge in [0, 0.05) is 18.2 Å². The summed E-state index contributed by atoms with van der Waals surface area (Å²) in [5.74, 6) is 0.447. The number of nitrogens with zero attached hydrogens (tertiary/aromatic N) is 4. The Morgan fingerprint density at radius 2 is 2.16 bits per heavy atom. The van der Waals surface area contributed by atoms with Crippen molar-refractivity contribution in [2.45, 2.75) is 44.9 Å². The second kappa shape index (κ2) is 5.40. The van der Waals surface area contributed by atoms with Crippen molar-refractivity contribution in [3.63, 3.8) is 0 Å². The van der Waals surface area contributed by atoms with Crippen molar-refractivity contribution in [1.82, 2.24) is 19.8 Å². The van der Waals surface area contributed by atoms with Gasteiger partial charge in [-0.05, 0) is 26.3 Å². The summed E-state index contributed by atoms with van der Waals surface area (Å²) in [6.07, 6.45) is 4.22. The maximum atomic E-state index is 12.8. The maximum absolute atomic E-state index is 12.8. The van der Waals surface area contributed by atoms with Gasteiger partial charge in [0.25, 0.3) is 5.91 Å². The molecule has 8 nitrogen and oxygen atoms in total. The van der Waals surface area contributed by atoms with Crippen LogP contribution in [-0.4, -0.2) is 61.7 Å². The van der Waals surface area contributed by atoms with Crippen molar-refractivity contribution in [2.75, 3.05) is 19.7 Å². The second-order valence-corrected chi connectivity index (χ2v) is 7.59. The van der Waals surface area contributed by atoms with Crippen LogP contribution < -0.4 is 0 Å². The number of ether oxygens (including phenoxy) is 1. The van der Waals surface area contributed by atoms with Crippen LogP contribution in [0, 0.1) is 13.8 Å². The SMILES string of the molecule is Cc1cnn(Cc2c(C(=O)N3CC4(C3)C[C@](C)(O)CO4)noc2C)c1. The number of likely N-dealkylation sites (tertiary alicyclic amines) is 1. The predicted octanol–water partition coefficient (Wildman–Crippen LogP) is 0.902. The summed E-state index contributed by atoms with van der Waals surface area (Å²) in [5.41, 5.74) is 0.885. The van der Waals surface area contributed by atoms with E-state index in [4.69, 9.17) is 9.26 Å². The second-order valence-electron chi connectivity index (χ2n) is 7.59. The van der Waals surface area contributed by atoms with E-state index in [1.165, 1.54) is 0 Å². The first kappa shape index (κ1) is 16.3. The van der Waals surface area contributed by atoms with Crippen LogP contribution in [0.15, 0.2) is 16.9 Å². The fraction of sp³-hybridized carbons (Fsp3) is 0.588. The molecule has 0 aliphatic carbocycles. The van der Waals surface area contributed by atoms with Gasteiger partial charge in [0.15, 0.2) is 5.69 Å². The van der Waals surface area contributed by atoms with Gasteiger partial charge in [0.05, 0.1) is 38.0 Å². The summed E-state index contributed by atoms with van der Waals surface area (Å²) in [6, 6.07) is 0. The van der Waals surface area contributed by atoms with Crippen LogP contribution in [0.2, 0.25) is 0 Å². The number of hydrogen-bond acceptors (Lipinski definition) is 6. The molecule has 2 saturated heterocycles. The zero-order chi connectivity index (χ0) is 17.8. The highest BCUT2D eigenvalue weighted by Crippen LogP contribution is 2.40.